The van der Waals surface area contributed by atoms with Crippen molar-refractivity contribution in [2.24, 2.45) is 0 Å². The fourth-order valence-electron chi connectivity index (χ4n) is 1.34. The van der Waals surface area contributed by atoms with Gasteiger partial charge in [-0.3, -0.25) is 0 Å². The van der Waals surface area contributed by atoms with E-state index in [9.17, 15) is 0 Å². The molecule has 0 bridgehead atoms. The number of hydrogen-bond acceptors (Lipinski definition) is 1. The van der Waals surface area contributed by atoms with Crippen LogP contribution in [0, 0.1) is 0 Å². The van der Waals surface area contributed by atoms with Crippen LogP contribution >= 0.6 is 0 Å². The molecule has 0 aliphatic carbocycles. The van der Waals surface area contributed by atoms with E-state index in [2.05, 4.69) is 0 Å². The third kappa shape index (κ3) is 2.44. The highest BCUT2D eigenvalue weighted by Gasteiger charge is 1.94. The summed E-state index contributed by atoms with van der Waals surface area (Å²) in [5, 5.41) is 0. The number of pyridine rings is 1. The molecule has 2 nitrogen and oxygen atoms in total. The standard InChI is InChI=1S/C13H13N2/c14-13-7-3-2-6-12(13)8-11-15-9-4-1-5-10-15/h1-11H,14H2/q+1/b11-8+. The van der Waals surface area contributed by atoms with E-state index in [1.165, 1.54) is 0 Å². The molecular weight excluding hydrogens is 184 g/mol. The van der Waals surface area contributed by atoms with Gasteiger partial charge in [-0.15, -0.1) is 0 Å². The van der Waals surface area contributed by atoms with Crippen LogP contribution in [0.4, 0.5) is 5.69 Å². The molecule has 0 saturated carbocycles. The molecule has 2 N–H and O–H groups in total. The number of nitrogen functional groups attached to an aromatic ring is 1. The molecule has 2 rings (SSSR count). The normalized spacial score (nSPS) is 10.7. The van der Waals surface area contributed by atoms with Crippen LogP contribution in [0.5, 0.6) is 0 Å². The van der Waals surface area contributed by atoms with Crippen LogP contribution in [0.25, 0.3) is 12.3 Å². The molecule has 0 aliphatic rings. The van der Waals surface area contributed by atoms with E-state index in [-0.39, 0.29) is 0 Å². The number of nitrogens with zero attached hydrogens (tertiary/aromatic N) is 1. The summed E-state index contributed by atoms with van der Waals surface area (Å²) in [4.78, 5) is 0. The first-order chi connectivity index (χ1) is 7.36. The van der Waals surface area contributed by atoms with Crippen LogP contribution in [-0.4, -0.2) is 0 Å². The highest BCUT2D eigenvalue weighted by Crippen LogP contribution is 2.11. The molecule has 1 aromatic carbocycles. The van der Waals surface area contributed by atoms with Gasteiger partial charge in [0, 0.05) is 29.5 Å². The molecule has 15 heavy (non-hydrogen) atoms. The molecule has 1 aromatic heterocycles. The zero-order chi connectivity index (χ0) is 10.5. The van der Waals surface area contributed by atoms with E-state index in [4.69, 9.17) is 5.73 Å². The van der Waals surface area contributed by atoms with E-state index in [0.717, 1.165) is 11.3 Å². The molecule has 0 radical (unpaired) electrons. The summed E-state index contributed by atoms with van der Waals surface area (Å²) in [7, 11) is 0. The smallest absolute Gasteiger partial charge is 0.175 e. The second-order valence-corrected chi connectivity index (χ2v) is 3.27. The molecule has 0 spiro atoms. The number of hydrogen-bond donors (Lipinski definition) is 1. The van der Waals surface area contributed by atoms with E-state index < -0.39 is 0 Å². The Morgan fingerprint density at radius 1 is 0.933 bits per heavy atom. The Labute approximate surface area is 89.3 Å². The first-order valence-corrected chi connectivity index (χ1v) is 4.85. The molecule has 74 valence electrons. The van der Waals surface area contributed by atoms with Gasteiger partial charge < -0.3 is 5.73 Å². The largest absolute Gasteiger partial charge is 0.398 e. The lowest BCUT2D eigenvalue weighted by molar-refractivity contribution is -0.567. The van der Waals surface area contributed by atoms with Crippen molar-refractivity contribution in [3.8, 4) is 0 Å². The monoisotopic (exact) mass is 197 g/mol. The van der Waals surface area contributed by atoms with Gasteiger partial charge in [0.1, 0.15) is 0 Å². The fourth-order valence-corrected chi connectivity index (χ4v) is 1.34. The maximum absolute atomic E-state index is 5.82. The SMILES string of the molecule is Nc1ccccc1/C=C/[n+]1ccccc1. The summed E-state index contributed by atoms with van der Waals surface area (Å²) in [6, 6.07) is 13.8. The third-order valence-corrected chi connectivity index (χ3v) is 2.16. The van der Waals surface area contributed by atoms with Crippen molar-refractivity contribution in [3.05, 3.63) is 60.4 Å². The highest BCUT2D eigenvalue weighted by molar-refractivity contribution is 5.68. The predicted octanol–water partition coefficient (Wildman–Crippen LogP) is 2.18. The minimum Gasteiger partial charge on any atom is -0.398 e. The maximum atomic E-state index is 5.82. The van der Waals surface area contributed by atoms with Gasteiger partial charge in [-0.1, -0.05) is 24.3 Å². The van der Waals surface area contributed by atoms with Crippen LogP contribution < -0.4 is 10.3 Å². The summed E-state index contributed by atoms with van der Waals surface area (Å²) >= 11 is 0. The first-order valence-electron chi connectivity index (χ1n) is 4.85. The molecule has 0 atom stereocenters. The minimum atomic E-state index is 0.797. The Kier molecular flexibility index (Phi) is 2.79. The predicted molar refractivity (Wildman–Crippen MR) is 62.7 cm³/mol. The second kappa shape index (κ2) is 4.42. The average molecular weight is 197 g/mol. The van der Waals surface area contributed by atoms with Crippen molar-refractivity contribution in [1.29, 1.82) is 0 Å². The maximum Gasteiger partial charge on any atom is 0.175 e. The van der Waals surface area contributed by atoms with Crippen LogP contribution in [-0.2, 0) is 0 Å². The molecule has 2 aromatic rings. The lowest BCUT2D eigenvalue weighted by atomic mass is 10.2. The number of benzene rings is 1. The molecule has 2 heteroatoms. The lowest BCUT2D eigenvalue weighted by Crippen LogP contribution is -2.23. The van der Waals surface area contributed by atoms with Crippen molar-refractivity contribution in [1.82, 2.24) is 0 Å². The van der Waals surface area contributed by atoms with Gasteiger partial charge in [0.25, 0.3) is 0 Å². The Morgan fingerprint density at radius 3 is 2.40 bits per heavy atom. The number of rotatable bonds is 2. The Hall–Kier alpha value is -2.09. The number of anilines is 1. The Balaban J connectivity index is 2.23. The van der Waals surface area contributed by atoms with Gasteiger partial charge in [0.2, 0.25) is 0 Å². The number of para-hydroxylation sites is 1. The molecule has 0 amide bonds. The van der Waals surface area contributed by atoms with Gasteiger partial charge in [-0.25, -0.2) is 0 Å². The molecule has 1 heterocycles. The highest BCUT2D eigenvalue weighted by atomic mass is 14.9. The summed E-state index contributed by atoms with van der Waals surface area (Å²) in [6.07, 6.45) is 7.94. The minimum absolute atomic E-state index is 0.797. The first kappa shape index (κ1) is 9.46. The molecular formula is C13H13N2+. The van der Waals surface area contributed by atoms with Crippen LogP contribution in [0.15, 0.2) is 54.9 Å². The van der Waals surface area contributed by atoms with E-state index >= 15 is 0 Å². The fraction of sp³-hybridized carbons (Fsp3) is 0. The van der Waals surface area contributed by atoms with Crippen molar-refractivity contribution in [2.75, 3.05) is 5.73 Å². The molecule has 0 fully saturated rings. The zero-order valence-corrected chi connectivity index (χ0v) is 8.38. The Morgan fingerprint density at radius 2 is 1.67 bits per heavy atom. The zero-order valence-electron chi connectivity index (χ0n) is 8.38. The van der Waals surface area contributed by atoms with Gasteiger partial charge in [0.15, 0.2) is 18.6 Å². The molecule has 0 aliphatic heterocycles. The van der Waals surface area contributed by atoms with Gasteiger partial charge in [-0.05, 0) is 6.07 Å². The van der Waals surface area contributed by atoms with Gasteiger partial charge >= 0.3 is 0 Å². The summed E-state index contributed by atoms with van der Waals surface area (Å²) in [5.74, 6) is 0. The molecule has 0 saturated heterocycles. The number of nitrogens with two attached hydrogens (primary N) is 1. The van der Waals surface area contributed by atoms with E-state index in [0.29, 0.717) is 0 Å². The summed E-state index contributed by atoms with van der Waals surface area (Å²) in [6.45, 7) is 0. The van der Waals surface area contributed by atoms with Crippen LogP contribution in [0.2, 0.25) is 0 Å². The number of aromatic nitrogens is 1. The van der Waals surface area contributed by atoms with E-state index in [1.807, 2.05) is 71.7 Å². The van der Waals surface area contributed by atoms with Gasteiger partial charge in [0.05, 0.1) is 0 Å². The van der Waals surface area contributed by atoms with Crippen molar-refractivity contribution >= 4 is 18.0 Å². The van der Waals surface area contributed by atoms with E-state index in [1.54, 1.807) is 0 Å². The van der Waals surface area contributed by atoms with Crippen LogP contribution in [0.3, 0.4) is 0 Å². The summed E-state index contributed by atoms with van der Waals surface area (Å²) in [5.41, 5.74) is 7.66. The quantitative estimate of drug-likeness (QED) is 0.580. The second-order valence-electron chi connectivity index (χ2n) is 3.27. The lowest BCUT2D eigenvalue weighted by Gasteiger charge is -1.96. The van der Waals surface area contributed by atoms with Crippen LogP contribution in [0.1, 0.15) is 5.56 Å². The van der Waals surface area contributed by atoms with Crippen molar-refractivity contribution in [3.63, 3.8) is 0 Å². The molecule has 0 unspecified atom stereocenters. The average Bonchev–Trinajstić information content (AvgIpc) is 2.29. The third-order valence-electron chi connectivity index (χ3n) is 2.16. The topological polar surface area (TPSA) is 29.9 Å². The Bertz CT molecular complexity index is 461. The summed E-state index contributed by atoms with van der Waals surface area (Å²) < 4.78 is 1.98. The van der Waals surface area contributed by atoms with Gasteiger partial charge in [-0.2, -0.15) is 4.57 Å². The van der Waals surface area contributed by atoms with Crippen molar-refractivity contribution in [2.45, 2.75) is 0 Å². The van der Waals surface area contributed by atoms with Crippen molar-refractivity contribution < 1.29 is 4.57 Å².